The van der Waals surface area contributed by atoms with Gasteiger partial charge in [0.05, 0.1) is 19.6 Å². The van der Waals surface area contributed by atoms with Crippen LogP contribution in [0.3, 0.4) is 0 Å². The lowest BCUT2D eigenvalue weighted by atomic mass is 9.84. The average Bonchev–Trinajstić information content (AvgIpc) is 2.63. The van der Waals surface area contributed by atoms with E-state index >= 15 is 0 Å². The highest BCUT2D eigenvalue weighted by atomic mass is 19.4. The van der Waals surface area contributed by atoms with Gasteiger partial charge in [-0.1, -0.05) is 6.92 Å². The summed E-state index contributed by atoms with van der Waals surface area (Å²) in [5.74, 6) is -43.9. The Labute approximate surface area is 170 Å². The van der Waals surface area contributed by atoms with E-state index in [1.54, 1.807) is 0 Å². The molecule has 0 rings (SSSR count). The van der Waals surface area contributed by atoms with Crippen LogP contribution in [-0.4, -0.2) is 67.6 Å². The zero-order chi connectivity index (χ0) is 26.1. The Balaban J connectivity index is 6.50. The van der Waals surface area contributed by atoms with Crippen molar-refractivity contribution in [3.05, 3.63) is 0 Å². The quantitative estimate of drug-likeness (QED) is 0.365. The van der Waals surface area contributed by atoms with Gasteiger partial charge in [0.25, 0.3) is 0 Å². The number of methoxy groups -OCH3 is 1. The van der Waals surface area contributed by atoms with Crippen LogP contribution in [0.5, 0.6) is 0 Å². The first-order valence-corrected chi connectivity index (χ1v) is 7.95. The van der Waals surface area contributed by atoms with Gasteiger partial charge >= 0.3 is 47.9 Å². The van der Waals surface area contributed by atoms with Crippen molar-refractivity contribution in [2.24, 2.45) is 5.92 Å². The number of hydrogen-bond donors (Lipinski definition) is 1. The molecule has 0 spiro atoms. The Morgan fingerprint density at radius 3 is 1.53 bits per heavy atom. The Kier molecular flexibility index (Phi) is 8.38. The molecule has 0 aromatic carbocycles. The topological polar surface area (TPSA) is 64.6 Å². The number of alkyl carbamates (subject to hydrolysis) is 1. The van der Waals surface area contributed by atoms with E-state index in [2.05, 4.69) is 9.47 Å². The van der Waals surface area contributed by atoms with Crippen LogP contribution in [0.1, 0.15) is 13.8 Å². The molecule has 0 aromatic heterocycles. The summed E-state index contributed by atoms with van der Waals surface area (Å²) < 4.78 is 180. The van der Waals surface area contributed by atoms with Crippen molar-refractivity contribution in [3.63, 3.8) is 0 Å². The molecule has 0 heterocycles. The Morgan fingerprint density at radius 2 is 1.19 bits per heavy atom. The number of carbonyl (C=O) groups excluding carboxylic acids is 2. The SMILES string of the molecule is CCOC(=O)NC(C(=O)OC)C(C)C(F)(F)C(F)(F)C(F)(F)C(F)(F)C(F)(F)C(F)(F)F. The second-order valence-electron chi connectivity index (χ2n) is 6.07. The van der Waals surface area contributed by atoms with Crippen LogP contribution in [0.4, 0.5) is 61.9 Å². The number of hydrogen-bond acceptors (Lipinski definition) is 4. The highest BCUT2D eigenvalue weighted by molar-refractivity contribution is 5.81. The summed E-state index contributed by atoms with van der Waals surface area (Å²) in [5.41, 5.74) is 0. The summed E-state index contributed by atoms with van der Waals surface area (Å²) in [5, 5.41) is 1.18. The molecule has 1 amide bonds. The van der Waals surface area contributed by atoms with Crippen molar-refractivity contribution < 1.29 is 76.1 Å². The van der Waals surface area contributed by atoms with Crippen molar-refractivity contribution >= 4 is 12.1 Å². The van der Waals surface area contributed by atoms with Crippen molar-refractivity contribution in [2.75, 3.05) is 13.7 Å². The molecule has 2 atom stereocenters. The number of carbonyl (C=O) groups is 2. The number of halogens is 13. The highest BCUT2D eigenvalue weighted by Gasteiger charge is 2.91. The number of amides is 1. The molecule has 18 heteroatoms. The van der Waals surface area contributed by atoms with Crippen molar-refractivity contribution in [1.29, 1.82) is 0 Å². The van der Waals surface area contributed by atoms with Crippen LogP contribution < -0.4 is 5.32 Å². The third-order valence-corrected chi connectivity index (χ3v) is 4.03. The minimum absolute atomic E-state index is 0.197. The Bertz CT molecular complexity index is 693. The molecule has 0 aromatic rings. The molecule has 0 aliphatic heterocycles. The zero-order valence-electron chi connectivity index (χ0n) is 15.9. The van der Waals surface area contributed by atoms with Crippen LogP contribution in [0, 0.1) is 5.92 Å². The monoisotopic (exact) mass is 507 g/mol. The van der Waals surface area contributed by atoms with Crippen LogP contribution >= 0.6 is 0 Å². The van der Waals surface area contributed by atoms with Gasteiger partial charge in [-0.15, -0.1) is 0 Å². The fourth-order valence-electron chi connectivity index (χ4n) is 2.09. The van der Waals surface area contributed by atoms with E-state index in [1.165, 1.54) is 5.32 Å². The highest BCUT2D eigenvalue weighted by Crippen LogP contribution is 2.61. The third kappa shape index (κ3) is 4.62. The molecule has 0 saturated carbocycles. The molecule has 190 valence electrons. The Morgan fingerprint density at radius 1 is 0.781 bits per heavy atom. The smallest absolute Gasteiger partial charge is 0.460 e. The fraction of sp³-hybridized carbons (Fsp3) is 0.857. The van der Waals surface area contributed by atoms with Crippen molar-refractivity contribution in [1.82, 2.24) is 5.32 Å². The van der Waals surface area contributed by atoms with E-state index in [9.17, 15) is 66.7 Å². The van der Waals surface area contributed by atoms with Gasteiger partial charge < -0.3 is 14.8 Å². The molecule has 5 nitrogen and oxygen atoms in total. The average molecular weight is 507 g/mol. The number of ether oxygens (including phenoxy) is 2. The van der Waals surface area contributed by atoms with Gasteiger partial charge in [0, 0.05) is 0 Å². The summed E-state index contributed by atoms with van der Waals surface area (Å²) in [6.07, 6.45) is -9.33. The number of nitrogens with one attached hydrogen (secondary N) is 1. The minimum Gasteiger partial charge on any atom is -0.467 e. The van der Waals surface area contributed by atoms with Gasteiger partial charge in [-0.25, -0.2) is 9.59 Å². The van der Waals surface area contributed by atoms with Gasteiger partial charge in [-0.2, -0.15) is 57.1 Å². The summed E-state index contributed by atoms with van der Waals surface area (Å²) in [6, 6.07) is -3.02. The van der Waals surface area contributed by atoms with E-state index in [1.807, 2.05) is 0 Å². The Hall–Kier alpha value is -2.17. The predicted octanol–water partition coefficient (Wildman–Crippen LogP) is 4.65. The second-order valence-corrected chi connectivity index (χ2v) is 6.07. The predicted molar refractivity (Wildman–Crippen MR) is 75.9 cm³/mol. The van der Waals surface area contributed by atoms with Crippen LogP contribution in [0.15, 0.2) is 0 Å². The normalized spacial score (nSPS) is 16.2. The molecule has 0 aliphatic rings. The van der Waals surface area contributed by atoms with Crippen molar-refractivity contribution in [2.45, 2.75) is 55.7 Å². The van der Waals surface area contributed by atoms with Gasteiger partial charge in [0.2, 0.25) is 0 Å². The molecule has 0 fully saturated rings. The van der Waals surface area contributed by atoms with E-state index in [0.29, 0.717) is 7.11 Å². The third-order valence-electron chi connectivity index (χ3n) is 4.03. The standard InChI is InChI=1S/C14H14F13NO4/c1-4-32-8(30)28-6(7(29)31-3)5(2)9(15,16)10(17,18)11(19,20)12(21,22)13(23,24)14(25,26)27/h5-6H,4H2,1-3H3,(H,28,30). The summed E-state index contributed by atoms with van der Waals surface area (Å²) in [6.45, 7) is 0.428. The number of alkyl halides is 13. The van der Waals surface area contributed by atoms with E-state index < -0.39 is 66.4 Å². The minimum atomic E-state index is -8.08. The van der Waals surface area contributed by atoms with Crippen LogP contribution in [-0.2, 0) is 14.3 Å². The molecule has 32 heavy (non-hydrogen) atoms. The van der Waals surface area contributed by atoms with Gasteiger partial charge in [-0.05, 0) is 6.92 Å². The molecular formula is C14H14F13NO4. The molecule has 0 aliphatic carbocycles. The summed E-state index contributed by atoms with van der Waals surface area (Å²) in [7, 11) is 0.428. The molecule has 0 radical (unpaired) electrons. The first kappa shape index (κ1) is 29.8. The molecule has 1 N–H and O–H groups in total. The maximum atomic E-state index is 14.2. The maximum Gasteiger partial charge on any atom is 0.460 e. The lowest BCUT2D eigenvalue weighted by molar-refractivity contribution is -0.443. The van der Waals surface area contributed by atoms with Crippen LogP contribution in [0.25, 0.3) is 0 Å². The molecule has 2 unspecified atom stereocenters. The first-order valence-electron chi connectivity index (χ1n) is 7.95. The maximum absolute atomic E-state index is 14.2. The lowest BCUT2D eigenvalue weighted by Gasteiger charge is -2.42. The van der Waals surface area contributed by atoms with E-state index in [4.69, 9.17) is 0 Å². The first-order chi connectivity index (χ1) is 14.0. The van der Waals surface area contributed by atoms with E-state index in [-0.39, 0.29) is 6.92 Å². The molecule has 0 saturated heterocycles. The van der Waals surface area contributed by atoms with Gasteiger partial charge in [0.1, 0.15) is 6.04 Å². The number of rotatable bonds is 9. The van der Waals surface area contributed by atoms with Gasteiger partial charge in [-0.3, -0.25) is 0 Å². The van der Waals surface area contributed by atoms with E-state index in [0.717, 1.165) is 6.92 Å². The molecular weight excluding hydrogens is 493 g/mol. The van der Waals surface area contributed by atoms with Crippen LogP contribution in [0.2, 0.25) is 0 Å². The van der Waals surface area contributed by atoms with Gasteiger partial charge in [0.15, 0.2) is 0 Å². The molecule has 0 bridgehead atoms. The summed E-state index contributed by atoms with van der Waals surface area (Å²) >= 11 is 0. The zero-order valence-corrected chi connectivity index (χ0v) is 15.9. The largest absolute Gasteiger partial charge is 0.467 e. The second kappa shape index (κ2) is 8.99. The fourth-order valence-corrected chi connectivity index (χ4v) is 2.09. The lowest BCUT2D eigenvalue weighted by Crippen LogP contribution is -2.72. The summed E-state index contributed by atoms with van der Waals surface area (Å²) in [4.78, 5) is 22.8. The van der Waals surface area contributed by atoms with Crippen molar-refractivity contribution in [3.8, 4) is 0 Å². The number of esters is 1.